The second-order valence-electron chi connectivity index (χ2n) is 8.83. The maximum absolute atomic E-state index is 13.4. The lowest BCUT2D eigenvalue weighted by Gasteiger charge is -2.45. The van der Waals surface area contributed by atoms with E-state index in [1.165, 1.54) is 31.6 Å². The number of carbonyl (C=O) groups excluding carboxylic acids is 2. The summed E-state index contributed by atoms with van der Waals surface area (Å²) in [6.07, 6.45) is 0. The van der Waals surface area contributed by atoms with Crippen LogP contribution in [0.15, 0.2) is 76.1 Å². The molecule has 4 rings (SSSR count). The average Bonchev–Trinajstić information content (AvgIpc) is 3.39. The van der Waals surface area contributed by atoms with Crippen LogP contribution < -0.4 is 10.5 Å². The molecule has 2 aromatic carbocycles. The minimum atomic E-state index is -4.00. The largest absolute Gasteiger partial charge is 0.469 e. The second kappa shape index (κ2) is 10.1. The maximum atomic E-state index is 13.4. The monoisotopic (exact) mass is 541 g/mol. The zero-order valence-electron chi connectivity index (χ0n) is 20.7. The fourth-order valence-corrected chi connectivity index (χ4v) is 6.65. The van der Waals surface area contributed by atoms with E-state index in [0.717, 1.165) is 5.56 Å². The van der Waals surface area contributed by atoms with Crippen LogP contribution in [0.2, 0.25) is 0 Å². The number of hydrogen-bond donors (Lipinski definition) is 2. The van der Waals surface area contributed by atoms with Crippen molar-refractivity contribution in [3.05, 3.63) is 81.8 Å². The van der Waals surface area contributed by atoms with Crippen molar-refractivity contribution in [2.75, 3.05) is 14.2 Å². The molecular formula is C26H27N3O6S2. The van der Waals surface area contributed by atoms with Crippen molar-refractivity contribution >= 4 is 33.3 Å². The van der Waals surface area contributed by atoms with E-state index in [4.69, 9.17) is 19.6 Å². The van der Waals surface area contributed by atoms with Gasteiger partial charge in [0, 0.05) is 22.6 Å². The number of rotatable bonds is 6. The Morgan fingerprint density at radius 1 is 1.05 bits per heavy atom. The zero-order chi connectivity index (χ0) is 27.0. The minimum absolute atomic E-state index is 0.0515. The first kappa shape index (κ1) is 26.5. The Hall–Kier alpha value is -3.54. The van der Waals surface area contributed by atoms with Crippen LogP contribution in [0.4, 0.5) is 0 Å². The lowest BCUT2D eigenvalue weighted by Crippen LogP contribution is -2.55. The van der Waals surface area contributed by atoms with Crippen molar-refractivity contribution in [3.8, 4) is 11.3 Å². The summed E-state index contributed by atoms with van der Waals surface area (Å²) < 4.78 is 34.7. The summed E-state index contributed by atoms with van der Waals surface area (Å²) in [5.41, 5.74) is 1.22. The predicted molar refractivity (Wildman–Crippen MR) is 139 cm³/mol. The lowest BCUT2D eigenvalue weighted by molar-refractivity contribution is -0.150. The van der Waals surface area contributed by atoms with Crippen LogP contribution in [0, 0.1) is 5.92 Å². The molecule has 1 aliphatic rings. The van der Waals surface area contributed by atoms with E-state index in [0.29, 0.717) is 27.5 Å². The number of ether oxygens (including phenoxy) is 2. The van der Waals surface area contributed by atoms with E-state index < -0.39 is 39.3 Å². The molecule has 37 heavy (non-hydrogen) atoms. The molecule has 0 saturated carbocycles. The van der Waals surface area contributed by atoms with E-state index in [1.54, 1.807) is 30.5 Å². The molecule has 1 aromatic heterocycles. The molecule has 3 atom stereocenters. The summed E-state index contributed by atoms with van der Waals surface area (Å²) in [5.74, 6) is -2.71. The van der Waals surface area contributed by atoms with Crippen LogP contribution in [-0.4, -0.2) is 39.6 Å². The molecule has 3 N–H and O–H groups in total. The number of nitrogens with one attached hydrogen (secondary N) is 1. The van der Waals surface area contributed by atoms with Crippen molar-refractivity contribution in [3.63, 3.8) is 0 Å². The summed E-state index contributed by atoms with van der Waals surface area (Å²) in [5, 5.41) is 11.0. The van der Waals surface area contributed by atoms with Gasteiger partial charge in [-0.3, -0.25) is 4.79 Å². The van der Waals surface area contributed by atoms with E-state index in [9.17, 15) is 18.0 Å². The number of esters is 2. The molecule has 0 radical (unpaired) electrons. The lowest BCUT2D eigenvalue weighted by atomic mass is 9.67. The zero-order valence-corrected chi connectivity index (χ0v) is 22.4. The molecule has 0 bridgehead atoms. The summed E-state index contributed by atoms with van der Waals surface area (Å²) in [7, 11) is -1.41. The van der Waals surface area contributed by atoms with Crippen molar-refractivity contribution in [1.82, 2.24) is 10.3 Å². The Balaban J connectivity index is 1.93. The van der Waals surface area contributed by atoms with Crippen LogP contribution in [0.5, 0.6) is 0 Å². The minimum Gasteiger partial charge on any atom is -0.469 e. The maximum Gasteiger partial charge on any atom is 0.336 e. The second-order valence-corrected chi connectivity index (χ2v) is 11.2. The number of nitrogens with zero attached hydrogens (tertiary/aromatic N) is 1. The third-order valence-corrected chi connectivity index (χ3v) is 8.60. The number of allylic oxidation sites excluding steroid dienone is 1. The number of primary sulfonamides is 1. The van der Waals surface area contributed by atoms with Gasteiger partial charge in [0.05, 0.1) is 36.3 Å². The van der Waals surface area contributed by atoms with Gasteiger partial charge in [0.1, 0.15) is 10.5 Å². The molecule has 0 amide bonds. The van der Waals surface area contributed by atoms with Gasteiger partial charge < -0.3 is 14.8 Å². The van der Waals surface area contributed by atoms with Crippen LogP contribution >= 0.6 is 11.3 Å². The topological polar surface area (TPSA) is 138 Å². The van der Waals surface area contributed by atoms with Gasteiger partial charge in [0.25, 0.3) is 0 Å². The highest BCUT2D eigenvalue weighted by atomic mass is 32.2. The summed E-state index contributed by atoms with van der Waals surface area (Å²) >= 11 is 1.26. The standard InChI is InChI=1S/C26H27N3O6S2/c1-15-20(23(30)34-3)21(16-10-6-5-7-11-16)22(24(31)35-4)26(2,29-15)25-28-18(14-36-25)17-12-8-9-13-19(17)37(27,32)33/h5-14,21-22,29H,1-4H3,(H2,27,32,33). The molecule has 0 saturated heterocycles. The van der Waals surface area contributed by atoms with Crippen molar-refractivity contribution in [1.29, 1.82) is 0 Å². The van der Waals surface area contributed by atoms with Crippen LogP contribution in [0.3, 0.4) is 0 Å². The molecule has 1 aliphatic heterocycles. The number of hydrogen-bond acceptors (Lipinski definition) is 9. The highest BCUT2D eigenvalue weighted by Crippen LogP contribution is 2.49. The smallest absolute Gasteiger partial charge is 0.336 e. The first-order valence-electron chi connectivity index (χ1n) is 11.3. The summed E-state index contributed by atoms with van der Waals surface area (Å²) in [6.45, 7) is 3.56. The molecule has 3 aromatic rings. The third-order valence-electron chi connectivity index (χ3n) is 6.55. The van der Waals surface area contributed by atoms with E-state index in [1.807, 2.05) is 37.3 Å². The Kier molecular flexibility index (Phi) is 7.22. The van der Waals surface area contributed by atoms with Gasteiger partial charge in [0.15, 0.2) is 0 Å². The third kappa shape index (κ3) is 4.77. The van der Waals surface area contributed by atoms with E-state index in [2.05, 4.69) is 5.32 Å². The molecule has 194 valence electrons. The quantitative estimate of drug-likeness (QED) is 0.454. The first-order chi connectivity index (χ1) is 17.5. The van der Waals surface area contributed by atoms with Crippen LogP contribution in [0.25, 0.3) is 11.3 Å². The average molecular weight is 542 g/mol. The molecule has 2 heterocycles. The SMILES string of the molecule is COC(=O)C1=C(C)NC(C)(c2nc(-c3ccccc3S(N)(=O)=O)cs2)C(C(=O)OC)C1c1ccccc1. The number of methoxy groups -OCH3 is 2. The fraction of sp³-hybridized carbons (Fsp3) is 0.269. The van der Waals surface area contributed by atoms with Gasteiger partial charge >= 0.3 is 11.9 Å². The molecule has 11 heteroatoms. The van der Waals surface area contributed by atoms with Crippen molar-refractivity contribution in [2.45, 2.75) is 30.2 Å². The normalized spacial score (nSPS) is 21.8. The van der Waals surface area contributed by atoms with Gasteiger partial charge in [-0.15, -0.1) is 11.3 Å². The highest BCUT2D eigenvalue weighted by molar-refractivity contribution is 7.89. The van der Waals surface area contributed by atoms with Gasteiger partial charge in [0.2, 0.25) is 10.0 Å². The number of aromatic nitrogens is 1. The molecule has 0 spiro atoms. The van der Waals surface area contributed by atoms with Gasteiger partial charge in [-0.1, -0.05) is 48.5 Å². The van der Waals surface area contributed by atoms with E-state index >= 15 is 0 Å². The van der Waals surface area contributed by atoms with Crippen LogP contribution in [0.1, 0.15) is 30.3 Å². The van der Waals surface area contributed by atoms with Crippen molar-refractivity contribution < 1.29 is 27.5 Å². The van der Waals surface area contributed by atoms with Crippen molar-refractivity contribution in [2.24, 2.45) is 11.1 Å². The van der Waals surface area contributed by atoms with E-state index in [-0.39, 0.29) is 4.90 Å². The summed E-state index contributed by atoms with van der Waals surface area (Å²) in [6, 6.07) is 15.5. The number of thiazole rings is 1. The van der Waals surface area contributed by atoms with Crippen LogP contribution in [-0.2, 0) is 34.6 Å². The molecule has 3 unspecified atom stereocenters. The molecule has 9 nitrogen and oxygen atoms in total. The number of nitrogens with two attached hydrogens (primary N) is 1. The molecule has 0 fully saturated rings. The van der Waals surface area contributed by atoms with Gasteiger partial charge in [-0.05, 0) is 25.5 Å². The Labute approximate surface area is 219 Å². The number of benzene rings is 2. The Morgan fingerprint density at radius 3 is 2.32 bits per heavy atom. The predicted octanol–water partition coefficient (Wildman–Crippen LogP) is 3.30. The fourth-order valence-electron chi connectivity index (χ4n) is 4.92. The highest BCUT2D eigenvalue weighted by Gasteiger charge is 2.54. The Morgan fingerprint density at radius 2 is 1.70 bits per heavy atom. The molecule has 0 aliphatic carbocycles. The molecular weight excluding hydrogens is 514 g/mol. The number of carbonyl (C=O) groups is 2. The number of sulfonamides is 1. The van der Waals surface area contributed by atoms with Gasteiger partial charge in [-0.25, -0.2) is 23.3 Å². The van der Waals surface area contributed by atoms with Gasteiger partial charge in [-0.2, -0.15) is 0 Å². The Bertz CT molecular complexity index is 1480. The first-order valence-corrected chi connectivity index (χ1v) is 13.7. The summed E-state index contributed by atoms with van der Waals surface area (Å²) in [4.78, 5) is 31.0.